The molecule has 2 aliphatic carbocycles. The zero-order chi connectivity index (χ0) is 17.7. The van der Waals surface area contributed by atoms with Crippen LogP contribution in [0, 0.1) is 0 Å². The molecule has 0 bridgehead atoms. The third-order valence-corrected chi connectivity index (χ3v) is 5.19. The molecule has 144 valence electrons. The minimum atomic E-state index is -0.749. The summed E-state index contributed by atoms with van der Waals surface area (Å²) in [6.07, 6.45) is 14.1. The highest BCUT2D eigenvalue weighted by Crippen LogP contribution is 2.19. The Bertz CT molecular complexity index is 380. The first-order chi connectivity index (χ1) is 12.2. The zero-order valence-electron chi connectivity index (χ0n) is 15.6. The predicted molar refractivity (Wildman–Crippen MR) is 102 cm³/mol. The second kappa shape index (κ2) is 12.1. The number of hydrogen-bond donors (Lipinski definition) is 4. The molecule has 6 heteroatoms. The Kier molecular flexibility index (Phi) is 9.70. The van der Waals surface area contributed by atoms with Crippen molar-refractivity contribution in [2.75, 3.05) is 19.6 Å². The Morgan fingerprint density at radius 1 is 0.880 bits per heavy atom. The second-order valence-electron chi connectivity index (χ2n) is 7.44. The third kappa shape index (κ3) is 9.10. The molecule has 2 rings (SSSR count). The molecule has 0 unspecified atom stereocenters. The van der Waals surface area contributed by atoms with E-state index in [2.05, 4.69) is 16.0 Å². The molecule has 4 N–H and O–H groups in total. The van der Waals surface area contributed by atoms with Crippen LogP contribution in [0.25, 0.3) is 0 Å². The lowest BCUT2D eigenvalue weighted by Crippen LogP contribution is -2.48. The van der Waals surface area contributed by atoms with Crippen LogP contribution in [0.1, 0.15) is 77.0 Å². The Morgan fingerprint density at radius 3 is 1.96 bits per heavy atom. The number of carboxylic acids is 1. The molecule has 0 amide bonds. The molecule has 6 nitrogen and oxygen atoms in total. The molecule has 0 aromatic carbocycles. The highest BCUT2D eigenvalue weighted by atomic mass is 16.4. The lowest BCUT2D eigenvalue weighted by Gasteiger charge is -2.29. The van der Waals surface area contributed by atoms with Crippen molar-refractivity contribution in [3.63, 3.8) is 0 Å². The average molecular weight is 353 g/mol. The largest absolute Gasteiger partial charge is 0.481 e. The second-order valence-corrected chi connectivity index (χ2v) is 7.44. The van der Waals surface area contributed by atoms with Crippen LogP contribution in [0.2, 0.25) is 0 Å². The van der Waals surface area contributed by atoms with Gasteiger partial charge in [-0.1, -0.05) is 38.5 Å². The van der Waals surface area contributed by atoms with Gasteiger partial charge in [0.05, 0.1) is 6.42 Å². The van der Waals surface area contributed by atoms with Gasteiger partial charge in [0.15, 0.2) is 5.96 Å². The van der Waals surface area contributed by atoms with Gasteiger partial charge in [0.25, 0.3) is 0 Å². The van der Waals surface area contributed by atoms with Gasteiger partial charge in [-0.15, -0.1) is 0 Å². The van der Waals surface area contributed by atoms with Crippen molar-refractivity contribution in [1.29, 1.82) is 0 Å². The predicted octanol–water partition coefficient (Wildman–Crippen LogP) is 2.64. The first-order valence-corrected chi connectivity index (χ1v) is 10.2. The molecular formula is C19H36N4O2. The quantitative estimate of drug-likeness (QED) is 0.291. The minimum Gasteiger partial charge on any atom is -0.481 e. The molecule has 2 fully saturated rings. The smallest absolute Gasteiger partial charge is 0.304 e. The molecule has 0 radical (unpaired) electrons. The van der Waals surface area contributed by atoms with Gasteiger partial charge < -0.3 is 21.1 Å². The number of guanidine groups is 1. The number of nitrogens with zero attached hydrogens (tertiary/aromatic N) is 1. The van der Waals surface area contributed by atoms with E-state index in [9.17, 15) is 4.79 Å². The maximum atomic E-state index is 10.5. The highest BCUT2D eigenvalue weighted by Gasteiger charge is 2.18. The van der Waals surface area contributed by atoms with Crippen molar-refractivity contribution in [3.05, 3.63) is 0 Å². The number of carbonyl (C=O) groups is 1. The molecule has 2 aliphatic rings. The molecule has 0 aromatic heterocycles. The van der Waals surface area contributed by atoms with E-state index in [1.807, 2.05) is 0 Å². The SMILES string of the molecule is O=C(O)CCNCCCN=C(NC1CCCCC1)NC1CCCCC1. The molecule has 0 heterocycles. The Balaban J connectivity index is 1.72. The number of carboxylic acid groups (broad SMARTS) is 1. The lowest BCUT2D eigenvalue weighted by atomic mass is 9.95. The van der Waals surface area contributed by atoms with Crippen LogP contribution in [0.5, 0.6) is 0 Å². The van der Waals surface area contributed by atoms with E-state index in [1.165, 1.54) is 64.2 Å². The van der Waals surface area contributed by atoms with Gasteiger partial charge in [-0.3, -0.25) is 9.79 Å². The Hall–Kier alpha value is -1.30. The van der Waals surface area contributed by atoms with Gasteiger partial charge in [-0.25, -0.2) is 0 Å². The lowest BCUT2D eigenvalue weighted by molar-refractivity contribution is -0.136. The number of rotatable bonds is 9. The van der Waals surface area contributed by atoms with Crippen molar-refractivity contribution in [1.82, 2.24) is 16.0 Å². The van der Waals surface area contributed by atoms with Crippen molar-refractivity contribution in [2.45, 2.75) is 89.1 Å². The van der Waals surface area contributed by atoms with Crippen molar-refractivity contribution in [3.8, 4) is 0 Å². The molecule has 0 aromatic rings. The first kappa shape index (κ1) is 20.0. The van der Waals surface area contributed by atoms with Crippen LogP contribution < -0.4 is 16.0 Å². The maximum Gasteiger partial charge on any atom is 0.304 e. The monoisotopic (exact) mass is 352 g/mol. The molecule has 25 heavy (non-hydrogen) atoms. The van der Waals surface area contributed by atoms with E-state index in [0.29, 0.717) is 18.6 Å². The van der Waals surface area contributed by atoms with E-state index in [-0.39, 0.29) is 6.42 Å². The zero-order valence-corrected chi connectivity index (χ0v) is 15.6. The summed E-state index contributed by atoms with van der Waals surface area (Å²) in [7, 11) is 0. The molecule has 0 spiro atoms. The molecular weight excluding hydrogens is 316 g/mol. The average Bonchev–Trinajstić information content (AvgIpc) is 2.62. The fourth-order valence-electron chi connectivity index (χ4n) is 3.73. The van der Waals surface area contributed by atoms with Crippen molar-refractivity contribution < 1.29 is 9.90 Å². The summed E-state index contributed by atoms with van der Waals surface area (Å²) in [5, 5.41) is 19.1. The van der Waals surface area contributed by atoms with Gasteiger partial charge in [0.2, 0.25) is 0 Å². The van der Waals surface area contributed by atoms with Crippen LogP contribution >= 0.6 is 0 Å². The Morgan fingerprint density at radius 2 is 1.44 bits per heavy atom. The van der Waals surface area contributed by atoms with E-state index in [0.717, 1.165) is 25.5 Å². The highest BCUT2D eigenvalue weighted by molar-refractivity contribution is 5.80. The van der Waals surface area contributed by atoms with Gasteiger partial charge >= 0.3 is 5.97 Å². The topological polar surface area (TPSA) is 85.8 Å². The molecule has 2 saturated carbocycles. The summed E-state index contributed by atoms with van der Waals surface area (Å²) in [6, 6.07) is 1.13. The van der Waals surface area contributed by atoms with Crippen molar-refractivity contribution in [2.24, 2.45) is 4.99 Å². The van der Waals surface area contributed by atoms with Crippen LogP contribution in [-0.2, 0) is 4.79 Å². The van der Waals surface area contributed by atoms with E-state index < -0.39 is 5.97 Å². The van der Waals surface area contributed by atoms with Gasteiger partial charge in [-0.05, 0) is 38.6 Å². The van der Waals surface area contributed by atoms with Crippen molar-refractivity contribution >= 4 is 11.9 Å². The first-order valence-electron chi connectivity index (χ1n) is 10.2. The normalized spacial score (nSPS) is 19.4. The number of aliphatic imine (C=N–C) groups is 1. The Labute approximate surface area is 152 Å². The summed E-state index contributed by atoms with van der Waals surface area (Å²) in [6.45, 7) is 2.12. The van der Waals surface area contributed by atoms with Crippen LogP contribution in [0.3, 0.4) is 0 Å². The molecule has 0 aliphatic heterocycles. The van der Waals surface area contributed by atoms with Crippen LogP contribution in [0.15, 0.2) is 4.99 Å². The summed E-state index contributed by atoms with van der Waals surface area (Å²) in [5.41, 5.74) is 0. The summed E-state index contributed by atoms with van der Waals surface area (Å²) >= 11 is 0. The van der Waals surface area contributed by atoms with Crippen LogP contribution in [-0.4, -0.2) is 48.8 Å². The van der Waals surface area contributed by atoms with E-state index >= 15 is 0 Å². The third-order valence-electron chi connectivity index (χ3n) is 5.19. The number of nitrogens with one attached hydrogen (secondary N) is 3. The number of aliphatic carboxylic acids is 1. The van der Waals surface area contributed by atoms with Gasteiger partial charge in [0.1, 0.15) is 0 Å². The maximum absolute atomic E-state index is 10.5. The molecule has 0 atom stereocenters. The van der Waals surface area contributed by atoms with Gasteiger partial charge in [0, 0.05) is 25.2 Å². The number of hydrogen-bond acceptors (Lipinski definition) is 3. The van der Waals surface area contributed by atoms with E-state index in [1.54, 1.807) is 0 Å². The van der Waals surface area contributed by atoms with Gasteiger partial charge in [-0.2, -0.15) is 0 Å². The molecule has 0 saturated heterocycles. The summed E-state index contributed by atoms with van der Waals surface area (Å²) < 4.78 is 0. The van der Waals surface area contributed by atoms with Crippen LogP contribution in [0.4, 0.5) is 0 Å². The standard InChI is InChI=1S/C19H36N4O2/c24-18(25)12-15-20-13-7-14-21-19(22-16-8-3-1-4-9-16)23-17-10-5-2-6-11-17/h16-17,20H,1-15H2,(H,24,25)(H2,21,22,23). The minimum absolute atomic E-state index is 0.182. The fraction of sp³-hybridized carbons (Fsp3) is 0.895. The summed E-state index contributed by atoms with van der Waals surface area (Å²) in [4.78, 5) is 15.3. The summed E-state index contributed by atoms with van der Waals surface area (Å²) in [5.74, 6) is 0.241. The fourth-order valence-corrected chi connectivity index (χ4v) is 3.73. The van der Waals surface area contributed by atoms with E-state index in [4.69, 9.17) is 10.1 Å².